The first-order valence-corrected chi connectivity index (χ1v) is 6.82. The van der Waals surface area contributed by atoms with E-state index in [4.69, 9.17) is 10.5 Å². The Morgan fingerprint density at radius 1 is 1.19 bits per heavy atom. The van der Waals surface area contributed by atoms with Gasteiger partial charge in [0, 0.05) is 19.6 Å². The zero-order valence-corrected chi connectivity index (χ0v) is 10.5. The van der Waals surface area contributed by atoms with Crippen LogP contribution in [0.1, 0.15) is 32.6 Å². The minimum atomic E-state index is 0.425. The molecule has 1 aliphatic heterocycles. The molecule has 2 N–H and O–H groups in total. The number of hydrogen-bond acceptors (Lipinski definition) is 3. The number of nitrogens with two attached hydrogens (primary N) is 1. The van der Waals surface area contributed by atoms with Crippen LogP contribution >= 0.6 is 0 Å². The van der Waals surface area contributed by atoms with Gasteiger partial charge in [-0.2, -0.15) is 0 Å². The normalized spacial score (nSPS) is 37.5. The molecular formula is C13H26N2O. The topological polar surface area (TPSA) is 38.5 Å². The van der Waals surface area contributed by atoms with E-state index in [0.29, 0.717) is 6.10 Å². The Bertz CT molecular complexity index is 202. The van der Waals surface area contributed by atoms with E-state index in [9.17, 15) is 0 Å². The lowest BCUT2D eigenvalue weighted by Gasteiger charge is -2.36. The first kappa shape index (κ1) is 12.3. The van der Waals surface area contributed by atoms with Gasteiger partial charge < -0.3 is 10.5 Å². The van der Waals surface area contributed by atoms with Crippen molar-refractivity contribution in [1.82, 2.24) is 4.90 Å². The van der Waals surface area contributed by atoms with Crippen LogP contribution in [0.4, 0.5) is 0 Å². The lowest BCUT2D eigenvalue weighted by atomic mass is 9.82. The van der Waals surface area contributed by atoms with Crippen LogP contribution in [0.5, 0.6) is 0 Å². The van der Waals surface area contributed by atoms with E-state index < -0.39 is 0 Å². The molecule has 0 aromatic carbocycles. The summed E-state index contributed by atoms with van der Waals surface area (Å²) in [5, 5.41) is 0. The fourth-order valence-electron chi connectivity index (χ4n) is 3.07. The van der Waals surface area contributed by atoms with Gasteiger partial charge in [-0.15, -0.1) is 0 Å². The van der Waals surface area contributed by atoms with E-state index in [-0.39, 0.29) is 0 Å². The summed E-state index contributed by atoms with van der Waals surface area (Å²) in [7, 11) is 0. The number of hydrogen-bond donors (Lipinski definition) is 1. The summed E-state index contributed by atoms with van der Waals surface area (Å²) in [5.41, 5.74) is 5.72. The van der Waals surface area contributed by atoms with Crippen LogP contribution in [0.3, 0.4) is 0 Å². The van der Waals surface area contributed by atoms with Crippen LogP contribution in [0, 0.1) is 11.8 Å². The third-order valence-corrected chi connectivity index (χ3v) is 4.14. The SMILES string of the molecule is CC1CN(CC2CCC(CN)CC2)CCO1. The summed E-state index contributed by atoms with van der Waals surface area (Å²) >= 11 is 0. The Kier molecular flexibility index (Phi) is 4.62. The van der Waals surface area contributed by atoms with Gasteiger partial charge in [0.1, 0.15) is 0 Å². The van der Waals surface area contributed by atoms with Gasteiger partial charge in [-0.25, -0.2) is 0 Å². The predicted molar refractivity (Wildman–Crippen MR) is 66.4 cm³/mol. The monoisotopic (exact) mass is 226 g/mol. The van der Waals surface area contributed by atoms with Crippen LogP contribution < -0.4 is 5.73 Å². The molecule has 1 saturated carbocycles. The molecule has 0 amide bonds. The molecule has 0 spiro atoms. The van der Waals surface area contributed by atoms with E-state index in [1.165, 1.54) is 32.2 Å². The lowest BCUT2D eigenvalue weighted by Crippen LogP contribution is -2.43. The van der Waals surface area contributed by atoms with Crippen molar-refractivity contribution >= 4 is 0 Å². The van der Waals surface area contributed by atoms with E-state index in [1.54, 1.807) is 0 Å². The molecule has 3 heteroatoms. The van der Waals surface area contributed by atoms with Gasteiger partial charge in [0.05, 0.1) is 12.7 Å². The standard InChI is InChI=1S/C13H26N2O/c1-11-9-15(6-7-16-11)10-13-4-2-12(8-14)3-5-13/h11-13H,2-10,14H2,1H3. The zero-order chi connectivity index (χ0) is 11.4. The lowest BCUT2D eigenvalue weighted by molar-refractivity contribution is -0.0253. The number of ether oxygens (including phenoxy) is 1. The predicted octanol–water partition coefficient (Wildman–Crippen LogP) is 1.47. The number of morpholine rings is 1. The summed E-state index contributed by atoms with van der Waals surface area (Å²) in [6.07, 6.45) is 5.89. The first-order valence-electron chi connectivity index (χ1n) is 6.82. The number of nitrogens with zero attached hydrogens (tertiary/aromatic N) is 1. The van der Waals surface area contributed by atoms with Crippen molar-refractivity contribution in [2.45, 2.75) is 38.7 Å². The molecular weight excluding hydrogens is 200 g/mol. The van der Waals surface area contributed by atoms with Gasteiger partial charge in [-0.1, -0.05) is 0 Å². The van der Waals surface area contributed by atoms with Crippen molar-refractivity contribution in [1.29, 1.82) is 0 Å². The van der Waals surface area contributed by atoms with E-state index >= 15 is 0 Å². The van der Waals surface area contributed by atoms with Crippen LogP contribution in [0.2, 0.25) is 0 Å². The second-order valence-electron chi connectivity index (χ2n) is 5.56. The Balaban J connectivity index is 1.69. The third kappa shape index (κ3) is 3.44. The van der Waals surface area contributed by atoms with Crippen LogP contribution in [0.15, 0.2) is 0 Å². The van der Waals surface area contributed by atoms with Crippen molar-refractivity contribution < 1.29 is 4.74 Å². The summed E-state index contributed by atoms with van der Waals surface area (Å²) < 4.78 is 5.57. The second-order valence-corrected chi connectivity index (χ2v) is 5.56. The van der Waals surface area contributed by atoms with Gasteiger partial charge in [0.2, 0.25) is 0 Å². The van der Waals surface area contributed by atoms with E-state index in [1.807, 2.05) is 0 Å². The number of rotatable bonds is 3. The van der Waals surface area contributed by atoms with E-state index in [2.05, 4.69) is 11.8 Å². The summed E-state index contributed by atoms with van der Waals surface area (Å²) in [6, 6.07) is 0. The molecule has 0 radical (unpaired) electrons. The fraction of sp³-hybridized carbons (Fsp3) is 1.00. The molecule has 16 heavy (non-hydrogen) atoms. The first-order chi connectivity index (χ1) is 7.78. The minimum Gasteiger partial charge on any atom is -0.376 e. The smallest absolute Gasteiger partial charge is 0.0674 e. The molecule has 1 atom stereocenters. The molecule has 0 aromatic heterocycles. The van der Waals surface area contributed by atoms with Gasteiger partial charge >= 0.3 is 0 Å². The highest BCUT2D eigenvalue weighted by Gasteiger charge is 2.24. The average Bonchev–Trinajstić information content (AvgIpc) is 2.30. The van der Waals surface area contributed by atoms with Crippen molar-refractivity contribution in [3.63, 3.8) is 0 Å². The van der Waals surface area contributed by atoms with Gasteiger partial charge in [-0.3, -0.25) is 4.90 Å². The third-order valence-electron chi connectivity index (χ3n) is 4.14. The van der Waals surface area contributed by atoms with E-state index in [0.717, 1.165) is 38.1 Å². The average molecular weight is 226 g/mol. The summed E-state index contributed by atoms with van der Waals surface area (Å²) in [4.78, 5) is 2.58. The maximum Gasteiger partial charge on any atom is 0.0674 e. The molecule has 1 saturated heterocycles. The minimum absolute atomic E-state index is 0.425. The maximum atomic E-state index is 5.72. The molecule has 3 nitrogen and oxygen atoms in total. The molecule has 0 aromatic rings. The molecule has 1 aliphatic carbocycles. The van der Waals surface area contributed by atoms with Crippen molar-refractivity contribution in [2.24, 2.45) is 17.6 Å². The van der Waals surface area contributed by atoms with Crippen LogP contribution in [-0.4, -0.2) is 43.8 Å². The van der Waals surface area contributed by atoms with Crippen LogP contribution in [-0.2, 0) is 4.74 Å². The Morgan fingerprint density at radius 3 is 2.50 bits per heavy atom. The quantitative estimate of drug-likeness (QED) is 0.792. The molecule has 1 heterocycles. The molecule has 2 rings (SSSR count). The molecule has 2 aliphatic rings. The zero-order valence-electron chi connectivity index (χ0n) is 10.5. The largest absolute Gasteiger partial charge is 0.376 e. The van der Waals surface area contributed by atoms with Crippen LogP contribution in [0.25, 0.3) is 0 Å². The second kappa shape index (κ2) is 5.99. The highest BCUT2D eigenvalue weighted by atomic mass is 16.5. The summed E-state index contributed by atoms with van der Waals surface area (Å²) in [6.45, 7) is 7.51. The van der Waals surface area contributed by atoms with Gasteiger partial charge in [0.15, 0.2) is 0 Å². The maximum absolute atomic E-state index is 5.72. The summed E-state index contributed by atoms with van der Waals surface area (Å²) in [5.74, 6) is 1.72. The fourth-order valence-corrected chi connectivity index (χ4v) is 3.07. The van der Waals surface area contributed by atoms with Crippen molar-refractivity contribution in [2.75, 3.05) is 32.8 Å². The highest BCUT2D eigenvalue weighted by Crippen LogP contribution is 2.28. The molecule has 2 fully saturated rings. The van der Waals surface area contributed by atoms with Crippen molar-refractivity contribution in [3.05, 3.63) is 0 Å². The van der Waals surface area contributed by atoms with Gasteiger partial charge in [0.25, 0.3) is 0 Å². The highest BCUT2D eigenvalue weighted by molar-refractivity contribution is 4.77. The Morgan fingerprint density at radius 2 is 1.88 bits per heavy atom. The molecule has 0 bridgehead atoms. The van der Waals surface area contributed by atoms with Crippen molar-refractivity contribution in [3.8, 4) is 0 Å². The van der Waals surface area contributed by atoms with Gasteiger partial charge in [-0.05, 0) is 51.0 Å². The Hall–Kier alpha value is -0.120. The molecule has 1 unspecified atom stereocenters. The molecule has 94 valence electrons. The Labute approximate surface area is 99.3 Å².